The number of aliphatic carboxylic acids is 1. The summed E-state index contributed by atoms with van der Waals surface area (Å²) in [6.45, 7) is 5.43. The van der Waals surface area contributed by atoms with E-state index in [0.717, 1.165) is 38.7 Å². The van der Waals surface area contributed by atoms with Gasteiger partial charge in [-0.05, 0) is 78.6 Å². The van der Waals surface area contributed by atoms with E-state index in [1.165, 1.54) is 11.1 Å². The largest absolute Gasteiger partial charge is 0.481 e. The molecule has 0 saturated carbocycles. The second-order valence-corrected chi connectivity index (χ2v) is 9.64. The summed E-state index contributed by atoms with van der Waals surface area (Å²) in [7, 11) is 1.94. The number of rotatable bonds is 8. The van der Waals surface area contributed by atoms with Gasteiger partial charge in [-0.25, -0.2) is 0 Å². The molecule has 0 saturated heterocycles. The molecule has 180 valence electrons. The Kier molecular flexibility index (Phi) is 6.90. The molecule has 1 heterocycles. The van der Waals surface area contributed by atoms with Crippen LogP contribution >= 0.6 is 0 Å². The van der Waals surface area contributed by atoms with Crippen LogP contribution in [0.15, 0.2) is 60.8 Å². The van der Waals surface area contributed by atoms with Crippen molar-refractivity contribution >= 4 is 29.0 Å². The van der Waals surface area contributed by atoms with Crippen LogP contribution in [-0.4, -0.2) is 32.6 Å². The van der Waals surface area contributed by atoms with Gasteiger partial charge in [0, 0.05) is 18.6 Å². The average Bonchev–Trinajstić information content (AvgIpc) is 3.22. The van der Waals surface area contributed by atoms with Crippen LogP contribution in [0, 0.1) is 19.3 Å². The van der Waals surface area contributed by atoms with Crippen molar-refractivity contribution in [1.82, 2.24) is 9.78 Å². The second kappa shape index (κ2) is 9.88. The molecule has 0 amide bonds. The van der Waals surface area contributed by atoms with E-state index < -0.39 is 11.4 Å². The van der Waals surface area contributed by atoms with Crippen molar-refractivity contribution in [2.45, 2.75) is 33.6 Å². The number of aryl methyl sites for hydroxylation is 3. The molecule has 3 aromatic carbocycles. The van der Waals surface area contributed by atoms with E-state index in [0.29, 0.717) is 12.8 Å². The maximum absolute atomic E-state index is 11.5. The van der Waals surface area contributed by atoms with Crippen LogP contribution in [0.1, 0.15) is 41.2 Å². The van der Waals surface area contributed by atoms with Gasteiger partial charge in [-0.3, -0.25) is 9.48 Å². The van der Waals surface area contributed by atoms with Crippen LogP contribution in [0.25, 0.3) is 34.2 Å². The normalized spacial score (nSPS) is 13.4. The Morgan fingerprint density at radius 3 is 2.57 bits per heavy atom. The molecule has 4 rings (SSSR count). The fourth-order valence-electron chi connectivity index (χ4n) is 4.33. The van der Waals surface area contributed by atoms with Crippen molar-refractivity contribution in [1.29, 1.82) is 0 Å². The first kappa shape index (κ1) is 24.4. The SMILES string of the molecule is Cc1ccc(CC[C@@](C)(CO)C(=O)O)cc1/C=C/c1cccc(-c2ccc3cn(C)nc3c2)c1C. The Balaban J connectivity index is 1.59. The van der Waals surface area contributed by atoms with Gasteiger partial charge in [0.25, 0.3) is 0 Å². The number of aliphatic hydroxyl groups is 1. The predicted octanol–water partition coefficient (Wildman–Crippen LogP) is 6.04. The first-order valence-corrected chi connectivity index (χ1v) is 11.9. The lowest BCUT2D eigenvalue weighted by Crippen LogP contribution is -2.32. The molecular weight excluding hydrogens is 436 g/mol. The highest BCUT2D eigenvalue weighted by Crippen LogP contribution is 2.30. The van der Waals surface area contributed by atoms with E-state index in [1.54, 1.807) is 6.92 Å². The standard InChI is InChI=1S/C30H32N2O3/c1-20-8-9-22(14-15-30(3,19-33)29(34)35)16-24(20)11-10-23-6-5-7-27(21(23)2)25-12-13-26-18-32(4)31-28(26)17-25/h5-13,16-18,33H,14-15,19H2,1-4H3,(H,34,35)/b11-10+/t30-/m0/s1. The summed E-state index contributed by atoms with van der Waals surface area (Å²) in [5, 5.41) is 24.6. The summed E-state index contributed by atoms with van der Waals surface area (Å²) in [6.07, 6.45) is 7.25. The second-order valence-electron chi connectivity index (χ2n) is 9.64. The minimum Gasteiger partial charge on any atom is -0.481 e. The Bertz CT molecular complexity index is 1420. The van der Waals surface area contributed by atoms with Crippen LogP contribution in [0.4, 0.5) is 0 Å². The first-order valence-electron chi connectivity index (χ1n) is 11.9. The molecule has 0 bridgehead atoms. The highest BCUT2D eigenvalue weighted by molar-refractivity contribution is 5.86. The lowest BCUT2D eigenvalue weighted by Gasteiger charge is -2.21. The molecule has 0 spiro atoms. The lowest BCUT2D eigenvalue weighted by atomic mass is 9.84. The van der Waals surface area contributed by atoms with Gasteiger partial charge in [0.1, 0.15) is 0 Å². The monoisotopic (exact) mass is 468 g/mol. The molecule has 0 aliphatic heterocycles. The number of aromatic nitrogens is 2. The summed E-state index contributed by atoms with van der Waals surface area (Å²) >= 11 is 0. The summed E-state index contributed by atoms with van der Waals surface area (Å²) < 4.78 is 1.84. The van der Waals surface area contributed by atoms with Crippen molar-refractivity contribution in [3.8, 4) is 11.1 Å². The average molecular weight is 469 g/mol. The van der Waals surface area contributed by atoms with Gasteiger partial charge >= 0.3 is 5.97 Å². The number of carboxylic acid groups (broad SMARTS) is 1. The predicted molar refractivity (Wildman–Crippen MR) is 142 cm³/mol. The van der Waals surface area contributed by atoms with Gasteiger partial charge in [0.15, 0.2) is 0 Å². The number of hydrogen-bond donors (Lipinski definition) is 2. The third-order valence-electron chi connectivity index (χ3n) is 6.93. The summed E-state index contributed by atoms with van der Waals surface area (Å²) in [5.74, 6) is -0.968. The zero-order valence-corrected chi connectivity index (χ0v) is 20.7. The molecule has 0 unspecified atom stereocenters. The van der Waals surface area contributed by atoms with Gasteiger partial charge in [0.2, 0.25) is 0 Å². The quantitative estimate of drug-likeness (QED) is 0.309. The Morgan fingerprint density at radius 1 is 1.06 bits per heavy atom. The van der Waals surface area contributed by atoms with Gasteiger partial charge in [-0.1, -0.05) is 60.7 Å². The molecule has 2 N–H and O–H groups in total. The molecular formula is C30H32N2O3. The van der Waals surface area contributed by atoms with Crippen molar-refractivity contribution in [3.63, 3.8) is 0 Å². The fourth-order valence-corrected chi connectivity index (χ4v) is 4.33. The van der Waals surface area contributed by atoms with Crippen molar-refractivity contribution < 1.29 is 15.0 Å². The smallest absolute Gasteiger partial charge is 0.311 e. The third kappa shape index (κ3) is 5.20. The van der Waals surface area contributed by atoms with E-state index in [9.17, 15) is 15.0 Å². The van der Waals surface area contributed by atoms with Crippen LogP contribution in [-0.2, 0) is 18.3 Å². The van der Waals surface area contributed by atoms with Gasteiger partial charge < -0.3 is 10.2 Å². The fraction of sp³-hybridized carbons (Fsp3) is 0.267. The van der Waals surface area contributed by atoms with Crippen LogP contribution in [0.5, 0.6) is 0 Å². The molecule has 0 aliphatic carbocycles. The van der Waals surface area contributed by atoms with E-state index in [1.807, 2.05) is 24.0 Å². The minimum absolute atomic E-state index is 0.371. The zero-order valence-electron chi connectivity index (χ0n) is 20.7. The Hall–Kier alpha value is -3.70. The van der Waals surface area contributed by atoms with E-state index >= 15 is 0 Å². The third-order valence-corrected chi connectivity index (χ3v) is 6.93. The number of fused-ring (bicyclic) bond motifs is 1. The number of hydrogen-bond acceptors (Lipinski definition) is 3. The Labute approximate surface area is 206 Å². The number of benzene rings is 3. The van der Waals surface area contributed by atoms with E-state index in [2.05, 4.69) is 79.6 Å². The van der Waals surface area contributed by atoms with Crippen LogP contribution in [0.3, 0.4) is 0 Å². The maximum atomic E-state index is 11.5. The molecule has 0 radical (unpaired) electrons. The molecule has 1 atom stereocenters. The zero-order chi connectivity index (χ0) is 25.2. The van der Waals surface area contributed by atoms with Crippen LogP contribution < -0.4 is 0 Å². The van der Waals surface area contributed by atoms with E-state index in [-0.39, 0.29) is 6.61 Å². The molecule has 0 fully saturated rings. The van der Waals surface area contributed by atoms with Crippen molar-refractivity contribution in [2.24, 2.45) is 12.5 Å². The van der Waals surface area contributed by atoms with Gasteiger partial charge in [0.05, 0.1) is 17.5 Å². The highest BCUT2D eigenvalue weighted by atomic mass is 16.4. The molecule has 1 aromatic heterocycles. The topological polar surface area (TPSA) is 75.3 Å². The van der Waals surface area contributed by atoms with Gasteiger partial charge in [-0.15, -0.1) is 0 Å². The number of carboxylic acids is 1. The number of nitrogens with zero attached hydrogens (tertiary/aromatic N) is 2. The molecule has 5 heteroatoms. The molecule has 5 nitrogen and oxygen atoms in total. The first-order chi connectivity index (χ1) is 16.7. The summed E-state index contributed by atoms with van der Waals surface area (Å²) in [4.78, 5) is 11.5. The number of aliphatic hydroxyl groups excluding tert-OH is 1. The maximum Gasteiger partial charge on any atom is 0.311 e. The molecule has 0 aliphatic rings. The summed E-state index contributed by atoms with van der Waals surface area (Å²) in [6, 6.07) is 18.9. The lowest BCUT2D eigenvalue weighted by molar-refractivity contribution is -0.150. The highest BCUT2D eigenvalue weighted by Gasteiger charge is 2.31. The number of carbonyl (C=O) groups is 1. The molecule has 35 heavy (non-hydrogen) atoms. The van der Waals surface area contributed by atoms with Gasteiger partial charge in [-0.2, -0.15) is 5.10 Å². The van der Waals surface area contributed by atoms with Crippen molar-refractivity contribution in [2.75, 3.05) is 6.61 Å². The Morgan fingerprint density at radius 2 is 1.83 bits per heavy atom. The molecule has 4 aromatic rings. The summed E-state index contributed by atoms with van der Waals surface area (Å²) in [5.41, 5.74) is 7.85. The minimum atomic E-state index is -1.13. The van der Waals surface area contributed by atoms with Crippen molar-refractivity contribution in [3.05, 3.63) is 88.6 Å². The van der Waals surface area contributed by atoms with E-state index in [4.69, 9.17) is 0 Å². The van der Waals surface area contributed by atoms with Crippen LogP contribution in [0.2, 0.25) is 0 Å².